The maximum Gasteiger partial charge on any atom is 0.323 e. The highest BCUT2D eigenvalue weighted by Gasteiger charge is 2.34. The van der Waals surface area contributed by atoms with Gasteiger partial charge in [-0.25, -0.2) is 0 Å². The van der Waals surface area contributed by atoms with E-state index in [1.165, 1.54) is 0 Å². The molecule has 0 aliphatic carbocycles. The smallest absolute Gasteiger partial charge is 0.323 e. The van der Waals surface area contributed by atoms with E-state index in [0.29, 0.717) is 6.42 Å². The second kappa shape index (κ2) is 8.51. The van der Waals surface area contributed by atoms with Crippen LogP contribution in [-0.4, -0.2) is 73.2 Å². The zero-order chi connectivity index (χ0) is 15.1. The lowest BCUT2D eigenvalue weighted by Crippen LogP contribution is -2.52. The number of carboxylic acids is 1. The first-order chi connectivity index (χ1) is 8.76. The van der Waals surface area contributed by atoms with E-state index >= 15 is 0 Å². The minimum atomic E-state index is -0.853. The molecule has 0 amide bonds. The number of carboxylic acid groups (broad SMARTS) is 1. The maximum atomic E-state index is 11.3. The molecule has 0 saturated carbocycles. The number of likely N-dealkylation sites (N-methyl/N-ethyl adjacent to an activating group) is 1. The van der Waals surface area contributed by atoms with Crippen LogP contribution in [-0.2, 0) is 4.79 Å². The Labute approximate surface area is 118 Å². The van der Waals surface area contributed by atoms with Crippen molar-refractivity contribution in [1.29, 1.82) is 0 Å². The van der Waals surface area contributed by atoms with E-state index in [1.54, 1.807) is 14.0 Å². The first-order valence-corrected chi connectivity index (χ1v) is 7.08. The molecule has 0 heterocycles. The van der Waals surface area contributed by atoms with E-state index in [2.05, 4.69) is 43.1 Å². The predicted molar refractivity (Wildman–Crippen MR) is 79.6 cm³/mol. The van der Waals surface area contributed by atoms with Crippen molar-refractivity contribution < 1.29 is 9.90 Å². The Morgan fingerprint density at radius 1 is 1.37 bits per heavy atom. The summed E-state index contributed by atoms with van der Waals surface area (Å²) in [6.45, 7) is 9.01. The van der Waals surface area contributed by atoms with Gasteiger partial charge in [-0.3, -0.25) is 4.79 Å². The fourth-order valence-electron chi connectivity index (χ4n) is 2.30. The summed E-state index contributed by atoms with van der Waals surface area (Å²) in [5, 5.41) is 12.2. The molecule has 5 heteroatoms. The topological polar surface area (TPSA) is 55.8 Å². The normalized spacial score (nSPS) is 16.6. The summed E-state index contributed by atoms with van der Waals surface area (Å²) in [4.78, 5) is 15.8. The Hall–Kier alpha value is -0.650. The Balaban J connectivity index is 4.41. The molecular formula is C14H31N3O2. The lowest BCUT2D eigenvalue weighted by molar-refractivity contribution is -0.144. The van der Waals surface area contributed by atoms with Crippen LogP contribution in [0.5, 0.6) is 0 Å². The molecule has 0 aliphatic heterocycles. The number of carbonyl (C=O) groups is 1. The van der Waals surface area contributed by atoms with Crippen molar-refractivity contribution in [3.63, 3.8) is 0 Å². The van der Waals surface area contributed by atoms with Gasteiger partial charge >= 0.3 is 5.97 Å². The average Bonchev–Trinajstić information content (AvgIpc) is 2.33. The molecular weight excluding hydrogens is 242 g/mol. The van der Waals surface area contributed by atoms with Crippen molar-refractivity contribution in [2.75, 3.05) is 40.8 Å². The third-order valence-corrected chi connectivity index (χ3v) is 3.81. The summed E-state index contributed by atoms with van der Waals surface area (Å²) < 4.78 is 0. The Kier molecular flexibility index (Phi) is 8.22. The lowest BCUT2D eigenvalue weighted by Gasteiger charge is -2.34. The second-order valence-electron chi connectivity index (χ2n) is 5.73. The van der Waals surface area contributed by atoms with Crippen molar-refractivity contribution in [2.45, 2.75) is 45.2 Å². The molecule has 2 atom stereocenters. The van der Waals surface area contributed by atoms with Gasteiger partial charge in [0.2, 0.25) is 0 Å². The first-order valence-electron chi connectivity index (χ1n) is 7.08. The molecule has 0 aromatic rings. The number of aliphatic carboxylic acids is 1. The van der Waals surface area contributed by atoms with Crippen molar-refractivity contribution in [3.8, 4) is 0 Å². The van der Waals surface area contributed by atoms with Gasteiger partial charge in [-0.2, -0.15) is 0 Å². The number of rotatable bonds is 10. The lowest BCUT2D eigenvalue weighted by atomic mass is 9.93. The second-order valence-corrected chi connectivity index (χ2v) is 5.73. The zero-order valence-electron chi connectivity index (χ0n) is 13.4. The molecule has 0 aromatic heterocycles. The van der Waals surface area contributed by atoms with Crippen LogP contribution in [0.2, 0.25) is 0 Å². The van der Waals surface area contributed by atoms with Crippen LogP contribution < -0.4 is 5.32 Å². The number of nitrogens with zero attached hydrogens (tertiary/aromatic N) is 2. The van der Waals surface area contributed by atoms with Crippen LogP contribution in [0.1, 0.15) is 33.6 Å². The Bertz CT molecular complexity index is 271. The van der Waals surface area contributed by atoms with Crippen molar-refractivity contribution in [1.82, 2.24) is 15.1 Å². The Morgan fingerprint density at radius 2 is 1.95 bits per heavy atom. The summed E-state index contributed by atoms with van der Waals surface area (Å²) in [7, 11) is 5.85. The summed E-state index contributed by atoms with van der Waals surface area (Å²) >= 11 is 0. The van der Waals surface area contributed by atoms with Gasteiger partial charge in [-0.15, -0.1) is 0 Å². The highest BCUT2D eigenvalue weighted by Crippen LogP contribution is 2.16. The molecule has 114 valence electrons. The van der Waals surface area contributed by atoms with Crippen molar-refractivity contribution in [2.24, 2.45) is 0 Å². The molecule has 2 N–H and O–H groups in total. The molecule has 0 aliphatic rings. The number of hydrogen-bond donors (Lipinski definition) is 2. The quantitative estimate of drug-likeness (QED) is 0.624. The molecule has 0 aromatic carbocycles. The molecule has 2 unspecified atom stereocenters. The molecule has 0 fully saturated rings. The first kappa shape index (κ1) is 18.4. The summed E-state index contributed by atoms with van der Waals surface area (Å²) in [6, 6.07) is 0.251. The summed E-state index contributed by atoms with van der Waals surface area (Å²) in [5.41, 5.74) is -0.853. The van der Waals surface area contributed by atoms with Gasteiger partial charge in [0.15, 0.2) is 0 Å². The molecule has 0 radical (unpaired) electrons. The molecule has 0 rings (SSSR count). The van der Waals surface area contributed by atoms with Crippen molar-refractivity contribution >= 4 is 5.97 Å². The van der Waals surface area contributed by atoms with E-state index in [-0.39, 0.29) is 6.04 Å². The van der Waals surface area contributed by atoms with Gasteiger partial charge in [0.25, 0.3) is 0 Å². The van der Waals surface area contributed by atoms with Crippen molar-refractivity contribution in [3.05, 3.63) is 0 Å². The fraction of sp³-hybridized carbons (Fsp3) is 0.929. The average molecular weight is 273 g/mol. The van der Waals surface area contributed by atoms with Gasteiger partial charge in [0.05, 0.1) is 0 Å². The number of nitrogens with one attached hydrogen (secondary N) is 1. The fourth-order valence-corrected chi connectivity index (χ4v) is 2.30. The van der Waals surface area contributed by atoms with E-state index < -0.39 is 11.5 Å². The minimum absolute atomic E-state index is 0.251. The van der Waals surface area contributed by atoms with E-state index in [0.717, 1.165) is 26.1 Å². The third kappa shape index (κ3) is 6.36. The van der Waals surface area contributed by atoms with Crippen LogP contribution in [0.25, 0.3) is 0 Å². The third-order valence-electron chi connectivity index (χ3n) is 3.81. The zero-order valence-corrected chi connectivity index (χ0v) is 13.4. The molecule has 0 bridgehead atoms. The van der Waals surface area contributed by atoms with Gasteiger partial charge in [0.1, 0.15) is 5.54 Å². The molecule has 0 saturated heterocycles. The van der Waals surface area contributed by atoms with Crippen LogP contribution in [0, 0.1) is 0 Å². The van der Waals surface area contributed by atoms with Gasteiger partial charge in [-0.1, -0.05) is 6.92 Å². The van der Waals surface area contributed by atoms with Crippen LogP contribution in [0.3, 0.4) is 0 Å². The molecule has 5 nitrogen and oxygen atoms in total. The van der Waals surface area contributed by atoms with Crippen LogP contribution in [0.15, 0.2) is 0 Å². The van der Waals surface area contributed by atoms with Gasteiger partial charge in [-0.05, 0) is 67.5 Å². The van der Waals surface area contributed by atoms with E-state index in [9.17, 15) is 9.90 Å². The van der Waals surface area contributed by atoms with Gasteiger partial charge in [0, 0.05) is 6.04 Å². The highest BCUT2D eigenvalue weighted by molar-refractivity contribution is 5.78. The minimum Gasteiger partial charge on any atom is -0.480 e. The van der Waals surface area contributed by atoms with E-state index in [1.807, 2.05) is 0 Å². The largest absolute Gasteiger partial charge is 0.480 e. The predicted octanol–water partition coefficient (Wildman–Crippen LogP) is 1.10. The summed E-state index contributed by atoms with van der Waals surface area (Å²) in [6.07, 6.45) is 1.71. The summed E-state index contributed by atoms with van der Waals surface area (Å²) in [5.74, 6) is -0.786. The highest BCUT2D eigenvalue weighted by atomic mass is 16.4. The van der Waals surface area contributed by atoms with Crippen LogP contribution >= 0.6 is 0 Å². The van der Waals surface area contributed by atoms with Gasteiger partial charge < -0.3 is 20.2 Å². The SMILES string of the molecule is CCN(CCCN(C)C)C(C)CC(C)(NC)C(=O)O. The maximum absolute atomic E-state index is 11.3. The Morgan fingerprint density at radius 3 is 2.32 bits per heavy atom. The molecule has 19 heavy (non-hydrogen) atoms. The monoisotopic (exact) mass is 273 g/mol. The molecule has 0 spiro atoms. The standard InChI is InChI=1S/C14H31N3O2/c1-7-17(10-8-9-16(5)6)12(2)11-14(3,15-4)13(18)19/h12,15H,7-11H2,1-6H3,(H,18,19). The van der Waals surface area contributed by atoms with Crippen LogP contribution in [0.4, 0.5) is 0 Å². The van der Waals surface area contributed by atoms with E-state index in [4.69, 9.17) is 0 Å². The number of hydrogen-bond acceptors (Lipinski definition) is 4.